The number of carbonyl (C=O) groups excluding carboxylic acids is 1. The van der Waals surface area contributed by atoms with Crippen LogP contribution in [-0.2, 0) is 9.53 Å². The molecule has 0 aromatic rings. The van der Waals surface area contributed by atoms with Crippen LogP contribution in [0.1, 0.15) is 12.8 Å². The Balaban J connectivity index is 2.03. The number of morpholine rings is 1. The number of rotatable bonds is 5. The van der Waals surface area contributed by atoms with E-state index in [1.807, 2.05) is 0 Å². The highest BCUT2D eigenvalue weighted by atomic mass is 32.1. The van der Waals surface area contributed by atoms with Gasteiger partial charge in [-0.1, -0.05) is 12.2 Å². The lowest BCUT2D eigenvalue weighted by atomic mass is 10.1. The van der Waals surface area contributed by atoms with Crippen LogP contribution in [0.2, 0.25) is 0 Å². The molecule has 2 atom stereocenters. The zero-order valence-corrected chi connectivity index (χ0v) is 12.2. The highest BCUT2D eigenvalue weighted by Crippen LogP contribution is 2.28. The molecule has 3 N–H and O–H groups in total. The molecule has 1 amide bonds. The maximum absolute atomic E-state index is 12.9. The van der Waals surface area contributed by atoms with Gasteiger partial charge in [-0.05, 0) is 12.8 Å². The molecule has 2 unspecified atom stereocenters. The Bertz CT molecular complexity index is 415. The Morgan fingerprint density at radius 2 is 2.14 bits per heavy atom. The normalized spacial score (nSPS) is 25.4. The molecule has 2 aliphatic rings. The van der Waals surface area contributed by atoms with Gasteiger partial charge >= 0.3 is 6.18 Å². The Hall–Kier alpha value is -0.930. The lowest BCUT2D eigenvalue weighted by Crippen LogP contribution is -2.57. The molecular weight excluding hydrogens is 307 g/mol. The summed E-state index contributed by atoms with van der Waals surface area (Å²) in [5, 5.41) is 2.79. The zero-order valence-electron chi connectivity index (χ0n) is 11.4. The van der Waals surface area contributed by atoms with Gasteiger partial charge in [0, 0.05) is 19.1 Å². The fourth-order valence-electron chi connectivity index (χ4n) is 2.21. The summed E-state index contributed by atoms with van der Waals surface area (Å²) in [5.41, 5.74) is 5.21. The van der Waals surface area contributed by atoms with Gasteiger partial charge in [-0.3, -0.25) is 9.69 Å². The summed E-state index contributed by atoms with van der Waals surface area (Å²) in [5.74, 6) is -2.21. The number of nitrogens with one attached hydrogen (secondary N) is 1. The lowest BCUT2D eigenvalue weighted by molar-refractivity contribution is -0.166. The van der Waals surface area contributed by atoms with Crippen LogP contribution in [0.15, 0.2) is 0 Å². The minimum atomic E-state index is -4.51. The van der Waals surface area contributed by atoms with Gasteiger partial charge in [0.25, 0.3) is 0 Å². The molecule has 0 radical (unpaired) electrons. The molecule has 1 saturated heterocycles. The number of thiocarbonyl (C=S) groups is 1. The third kappa shape index (κ3) is 4.52. The summed E-state index contributed by atoms with van der Waals surface area (Å²) in [6.45, 7) is 0.207. The SMILES string of the molecule is NC(=S)C(CN1CCOCC1C(=O)NC1CC1)C(F)(F)F. The smallest absolute Gasteiger partial charge is 0.393 e. The van der Waals surface area contributed by atoms with Gasteiger partial charge in [0.1, 0.15) is 12.0 Å². The van der Waals surface area contributed by atoms with Crippen molar-refractivity contribution in [1.82, 2.24) is 10.2 Å². The summed E-state index contributed by atoms with van der Waals surface area (Å²) in [6.07, 6.45) is -2.68. The molecule has 21 heavy (non-hydrogen) atoms. The summed E-state index contributed by atoms with van der Waals surface area (Å²) in [6, 6.07) is -0.575. The van der Waals surface area contributed by atoms with E-state index >= 15 is 0 Å². The van der Waals surface area contributed by atoms with Crippen LogP contribution in [0.25, 0.3) is 0 Å². The van der Waals surface area contributed by atoms with Gasteiger partial charge in [0.2, 0.25) is 5.91 Å². The molecule has 0 aromatic carbocycles. The van der Waals surface area contributed by atoms with Crippen molar-refractivity contribution in [2.75, 3.05) is 26.3 Å². The second kappa shape index (κ2) is 6.45. The third-order valence-electron chi connectivity index (χ3n) is 3.62. The summed E-state index contributed by atoms with van der Waals surface area (Å²) in [7, 11) is 0. The molecular formula is C12H18F3N3O2S. The Morgan fingerprint density at radius 3 is 2.67 bits per heavy atom. The lowest BCUT2D eigenvalue weighted by Gasteiger charge is -2.36. The third-order valence-corrected chi connectivity index (χ3v) is 3.91. The van der Waals surface area contributed by atoms with Gasteiger partial charge in [0.15, 0.2) is 0 Å². The molecule has 0 aromatic heterocycles. The van der Waals surface area contributed by atoms with E-state index in [9.17, 15) is 18.0 Å². The fraction of sp³-hybridized carbons (Fsp3) is 0.833. The molecule has 1 aliphatic carbocycles. The second-order valence-electron chi connectivity index (χ2n) is 5.37. The number of ether oxygens (including phenoxy) is 1. The molecule has 9 heteroatoms. The van der Waals surface area contributed by atoms with Gasteiger partial charge in [-0.2, -0.15) is 13.2 Å². The average molecular weight is 325 g/mol. The number of halogens is 3. The highest BCUT2D eigenvalue weighted by molar-refractivity contribution is 7.80. The molecule has 2 rings (SSSR count). The van der Waals surface area contributed by atoms with Crippen molar-refractivity contribution in [3.63, 3.8) is 0 Å². The van der Waals surface area contributed by atoms with Crippen molar-refractivity contribution in [3.8, 4) is 0 Å². The predicted octanol–water partition coefficient (Wildman–Crippen LogP) is 0.430. The number of carbonyl (C=O) groups is 1. The van der Waals surface area contributed by atoms with E-state index in [4.69, 9.17) is 10.5 Å². The van der Waals surface area contributed by atoms with E-state index in [0.717, 1.165) is 12.8 Å². The quantitative estimate of drug-likeness (QED) is 0.718. The number of nitrogens with zero attached hydrogens (tertiary/aromatic N) is 1. The topological polar surface area (TPSA) is 67.6 Å². The number of hydrogen-bond acceptors (Lipinski definition) is 4. The molecule has 1 aliphatic heterocycles. The van der Waals surface area contributed by atoms with E-state index in [2.05, 4.69) is 17.5 Å². The van der Waals surface area contributed by atoms with Crippen LogP contribution >= 0.6 is 12.2 Å². The van der Waals surface area contributed by atoms with E-state index in [1.165, 1.54) is 4.90 Å². The summed E-state index contributed by atoms with van der Waals surface area (Å²) >= 11 is 4.52. The number of amides is 1. The first-order valence-electron chi connectivity index (χ1n) is 6.77. The van der Waals surface area contributed by atoms with Gasteiger partial charge in [0.05, 0.1) is 18.2 Å². The zero-order chi connectivity index (χ0) is 15.6. The standard InChI is InChI=1S/C12H18F3N3O2S/c13-12(14,15)8(10(16)21)5-18-3-4-20-6-9(18)11(19)17-7-1-2-7/h7-9H,1-6H2,(H2,16,21)(H,17,19). The van der Waals surface area contributed by atoms with Crippen molar-refractivity contribution in [1.29, 1.82) is 0 Å². The maximum atomic E-state index is 12.9. The molecule has 0 spiro atoms. The first-order chi connectivity index (χ1) is 9.79. The fourth-order valence-corrected chi connectivity index (χ4v) is 2.42. The summed E-state index contributed by atoms with van der Waals surface area (Å²) < 4.78 is 44.1. The second-order valence-corrected chi connectivity index (χ2v) is 5.84. The Kier molecular flexibility index (Phi) is 5.05. The molecule has 120 valence electrons. The van der Waals surface area contributed by atoms with Gasteiger partial charge in [-0.25, -0.2) is 0 Å². The van der Waals surface area contributed by atoms with E-state index in [1.54, 1.807) is 0 Å². The molecule has 1 heterocycles. The maximum Gasteiger partial charge on any atom is 0.399 e. The molecule has 1 saturated carbocycles. The largest absolute Gasteiger partial charge is 0.399 e. The van der Waals surface area contributed by atoms with E-state index in [-0.39, 0.29) is 31.7 Å². The number of nitrogens with two attached hydrogens (primary N) is 1. The van der Waals surface area contributed by atoms with Crippen LogP contribution in [0.3, 0.4) is 0 Å². The monoisotopic (exact) mass is 325 g/mol. The number of hydrogen-bond donors (Lipinski definition) is 2. The Morgan fingerprint density at radius 1 is 1.48 bits per heavy atom. The molecule has 2 fully saturated rings. The van der Waals surface area contributed by atoms with Crippen molar-refractivity contribution in [2.45, 2.75) is 31.1 Å². The van der Waals surface area contributed by atoms with E-state index < -0.39 is 29.7 Å². The van der Waals surface area contributed by atoms with Crippen LogP contribution in [0.5, 0.6) is 0 Å². The van der Waals surface area contributed by atoms with Crippen molar-refractivity contribution < 1.29 is 22.7 Å². The predicted molar refractivity (Wildman–Crippen MR) is 73.7 cm³/mol. The van der Waals surface area contributed by atoms with Crippen LogP contribution < -0.4 is 11.1 Å². The van der Waals surface area contributed by atoms with E-state index in [0.29, 0.717) is 0 Å². The van der Waals surface area contributed by atoms with Gasteiger partial charge in [-0.15, -0.1) is 0 Å². The van der Waals surface area contributed by atoms with Gasteiger partial charge < -0.3 is 15.8 Å². The summed E-state index contributed by atoms with van der Waals surface area (Å²) in [4.78, 5) is 12.9. The van der Waals surface area contributed by atoms with Crippen LogP contribution in [0.4, 0.5) is 13.2 Å². The van der Waals surface area contributed by atoms with Crippen molar-refractivity contribution in [3.05, 3.63) is 0 Å². The molecule has 0 bridgehead atoms. The highest BCUT2D eigenvalue weighted by Gasteiger charge is 2.44. The first kappa shape index (κ1) is 16.4. The van der Waals surface area contributed by atoms with Crippen LogP contribution in [0, 0.1) is 5.92 Å². The number of alkyl halides is 3. The Labute approximate surface area is 126 Å². The first-order valence-corrected chi connectivity index (χ1v) is 7.18. The average Bonchev–Trinajstić information content (AvgIpc) is 3.18. The van der Waals surface area contributed by atoms with Crippen LogP contribution in [-0.4, -0.2) is 60.4 Å². The minimum absolute atomic E-state index is 0.0838. The minimum Gasteiger partial charge on any atom is -0.393 e. The van der Waals surface area contributed by atoms with Crippen molar-refractivity contribution >= 4 is 23.1 Å². The molecule has 5 nitrogen and oxygen atoms in total. The van der Waals surface area contributed by atoms with Crippen molar-refractivity contribution in [2.24, 2.45) is 11.7 Å².